The fourth-order valence-electron chi connectivity index (χ4n) is 3.31. The molecule has 33 heavy (non-hydrogen) atoms. The minimum absolute atomic E-state index is 0.0765. The van der Waals surface area contributed by atoms with E-state index in [1.54, 1.807) is 18.2 Å². The van der Waals surface area contributed by atoms with Crippen molar-refractivity contribution in [3.8, 4) is 0 Å². The van der Waals surface area contributed by atoms with E-state index in [9.17, 15) is 9.59 Å². The van der Waals surface area contributed by atoms with Crippen LogP contribution in [-0.2, 0) is 11.3 Å². The zero-order valence-electron chi connectivity index (χ0n) is 19.1. The molecule has 0 unspecified atom stereocenters. The van der Waals surface area contributed by atoms with Gasteiger partial charge in [0.05, 0.1) is 11.8 Å². The molecule has 0 bridgehead atoms. The molecule has 0 aliphatic carbocycles. The zero-order chi connectivity index (χ0) is 23.8. The van der Waals surface area contributed by atoms with Crippen LogP contribution in [0.5, 0.6) is 0 Å². The van der Waals surface area contributed by atoms with Gasteiger partial charge >= 0.3 is 0 Å². The van der Waals surface area contributed by atoms with Crippen molar-refractivity contribution in [2.75, 3.05) is 11.1 Å². The minimum Gasteiger partial charge on any atom is -0.342 e. The average Bonchev–Trinajstić information content (AvgIpc) is 3.20. The van der Waals surface area contributed by atoms with E-state index >= 15 is 0 Å². The molecule has 1 aromatic heterocycles. The van der Waals surface area contributed by atoms with Crippen LogP contribution in [0.3, 0.4) is 0 Å². The lowest BCUT2D eigenvalue weighted by molar-refractivity contribution is -0.113. The second-order valence-corrected chi connectivity index (χ2v) is 8.90. The highest BCUT2D eigenvalue weighted by Crippen LogP contribution is 2.26. The molecule has 2 aromatic carbocycles. The molecule has 3 rings (SSSR count). The molecule has 0 aliphatic rings. The Bertz CT molecular complexity index is 1110. The molecular weight excluding hydrogens is 434 g/mol. The summed E-state index contributed by atoms with van der Waals surface area (Å²) in [7, 11) is 0. The topological polar surface area (TPSA) is 88.9 Å². The molecule has 0 fully saturated rings. The monoisotopic (exact) mass is 463 g/mol. The van der Waals surface area contributed by atoms with E-state index in [1.807, 2.05) is 67.8 Å². The van der Waals surface area contributed by atoms with Gasteiger partial charge in [-0.3, -0.25) is 9.59 Å². The Balaban J connectivity index is 1.75. The first-order valence-electron chi connectivity index (χ1n) is 10.8. The highest BCUT2D eigenvalue weighted by Gasteiger charge is 2.26. The molecule has 2 N–H and O–H groups in total. The number of nitrogens with zero attached hydrogens (tertiary/aromatic N) is 3. The number of carbonyl (C=O) groups excluding carboxylic acids is 2. The first kappa shape index (κ1) is 24.3. The molecule has 0 spiro atoms. The Morgan fingerprint density at radius 2 is 1.79 bits per heavy atom. The van der Waals surface area contributed by atoms with Crippen LogP contribution < -0.4 is 10.6 Å². The summed E-state index contributed by atoms with van der Waals surface area (Å²) in [4.78, 5) is 25.3. The number of aromatic nitrogens is 3. The van der Waals surface area contributed by atoms with Crippen LogP contribution in [0, 0.1) is 12.8 Å². The van der Waals surface area contributed by atoms with Crippen LogP contribution in [0.2, 0.25) is 0 Å². The van der Waals surface area contributed by atoms with Crippen molar-refractivity contribution in [3.63, 3.8) is 0 Å². The summed E-state index contributed by atoms with van der Waals surface area (Å²) in [6, 6.07) is 16.4. The van der Waals surface area contributed by atoms with Crippen LogP contribution in [0.25, 0.3) is 0 Å². The van der Waals surface area contributed by atoms with E-state index in [1.165, 1.54) is 11.8 Å². The molecule has 8 heteroatoms. The number of benzene rings is 2. The van der Waals surface area contributed by atoms with Gasteiger partial charge in [0, 0.05) is 17.8 Å². The van der Waals surface area contributed by atoms with Gasteiger partial charge in [-0.2, -0.15) is 0 Å². The maximum atomic E-state index is 12.8. The lowest BCUT2D eigenvalue weighted by Crippen LogP contribution is -2.33. The maximum Gasteiger partial charge on any atom is 0.251 e. The number of rotatable bonds is 10. The quantitative estimate of drug-likeness (QED) is 0.338. The Labute approximate surface area is 198 Å². The van der Waals surface area contributed by atoms with Crippen LogP contribution in [0.15, 0.2) is 72.4 Å². The molecule has 0 saturated carbocycles. The van der Waals surface area contributed by atoms with Crippen molar-refractivity contribution >= 4 is 29.3 Å². The second-order valence-electron chi connectivity index (χ2n) is 7.95. The predicted molar refractivity (Wildman–Crippen MR) is 132 cm³/mol. The van der Waals surface area contributed by atoms with Crippen molar-refractivity contribution in [3.05, 3.63) is 84.2 Å². The second kappa shape index (κ2) is 11.5. The third-order valence-electron chi connectivity index (χ3n) is 5.08. The number of carbonyl (C=O) groups is 2. The molecule has 0 radical (unpaired) electrons. The molecule has 7 nitrogen and oxygen atoms in total. The van der Waals surface area contributed by atoms with Gasteiger partial charge in [0.15, 0.2) is 11.0 Å². The summed E-state index contributed by atoms with van der Waals surface area (Å²) in [5, 5.41) is 15.3. The maximum absolute atomic E-state index is 12.8. The van der Waals surface area contributed by atoms with Crippen molar-refractivity contribution in [2.24, 2.45) is 5.92 Å². The van der Waals surface area contributed by atoms with Crippen LogP contribution in [0.1, 0.15) is 41.6 Å². The highest BCUT2D eigenvalue weighted by molar-refractivity contribution is 7.99. The number of anilines is 1. The van der Waals surface area contributed by atoms with Gasteiger partial charge in [-0.15, -0.1) is 16.8 Å². The smallest absolute Gasteiger partial charge is 0.251 e. The van der Waals surface area contributed by atoms with Gasteiger partial charge in [-0.05, 0) is 36.6 Å². The molecule has 1 atom stereocenters. The Morgan fingerprint density at radius 3 is 2.45 bits per heavy atom. The van der Waals surface area contributed by atoms with Gasteiger partial charge in [0.1, 0.15) is 0 Å². The summed E-state index contributed by atoms with van der Waals surface area (Å²) >= 11 is 1.30. The van der Waals surface area contributed by atoms with Gasteiger partial charge in [-0.1, -0.05) is 68.1 Å². The number of aryl methyl sites for hydroxylation is 1. The molecule has 2 amide bonds. The lowest BCUT2D eigenvalue weighted by Gasteiger charge is -2.22. The Morgan fingerprint density at radius 1 is 1.09 bits per heavy atom. The fraction of sp³-hybridized carbons (Fsp3) is 0.280. The van der Waals surface area contributed by atoms with Crippen molar-refractivity contribution in [2.45, 2.75) is 38.5 Å². The number of amides is 2. The molecular formula is C25H29N5O2S. The third-order valence-corrected chi connectivity index (χ3v) is 6.04. The Kier molecular flexibility index (Phi) is 8.43. The molecule has 3 aromatic rings. The average molecular weight is 464 g/mol. The number of thioether (sulfide) groups is 1. The molecule has 0 saturated heterocycles. The van der Waals surface area contributed by atoms with Gasteiger partial charge in [-0.25, -0.2) is 0 Å². The van der Waals surface area contributed by atoms with Gasteiger partial charge in [0.25, 0.3) is 5.91 Å². The minimum atomic E-state index is -0.347. The first-order chi connectivity index (χ1) is 15.9. The van der Waals surface area contributed by atoms with Crippen LogP contribution in [0.4, 0.5) is 5.69 Å². The number of hydrogen-bond acceptors (Lipinski definition) is 5. The summed E-state index contributed by atoms with van der Waals surface area (Å²) in [6.07, 6.45) is 1.75. The number of hydrogen-bond donors (Lipinski definition) is 2. The Hall–Kier alpha value is -3.39. The lowest BCUT2D eigenvalue weighted by atomic mass is 10.0. The molecule has 0 aliphatic heterocycles. The largest absolute Gasteiger partial charge is 0.342 e. The van der Waals surface area contributed by atoms with E-state index in [2.05, 4.69) is 27.4 Å². The van der Waals surface area contributed by atoms with Crippen molar-refractivity contribution in [1.82, 2.24) is 20.1 Å². The highest BCUT2D eigenvalue weighted by atomic mass is 32.2. The van der Waals surface area contributed by atoms with E-state index < -0.39 is 0 Å². The third kappa shape index (κ3) is 6.32. The molecule has 1 heterocycles. The first-order valence-corrected chi connectivity index (χ1v) is 11.8. The van der Waals surface area contributed by atoms with Crippen molar-refractivity contribution < 1.29 is 9.59 Å². The van der Waals surface area contributed by atoms with E-state index in [0.29, 0.717) is 23.1 Å². The number of para-hydroxylation sites is 1. The summed E-state index contributed by atoms with van der Waals surface area (Å²) in [5.74, 6) is 0.603. The molecule has 172 valence electrons. The van der Waals surface area contributed by atoms with Crippen molar-refractivity contribution in [1.29, 1.82) is 0 Å². The summed E-state index contributed by atoms with van der Waals surface area (Å²) < 4.78 is 1.90. The SMILES string of the molecule is C=CCn1c(SCC(=O)Nc2ccccc2C)nnc1[C@@H](NC(=O)c1ccccc1)C(C)C. The predicted octanol–water partition coefficient (Wildman–Crippen LogP) is 4.63. The standard InChI is InChI=1S/C25H29N5O2S/c1-5-15-30-23(22(17(2)3)27-24(32)19-12-7-6-8-13-19)28-29-25(30)33-16-21(31)26-20-14-10-9-11-18(20)4/h5-14,17,22H,1,15-16H2,2-4H3,(H,26,31)(H,27,32)/t22-/m0/s1. The van der Waals surface area contributed by atoms with Crippen LogP contribution >= 0.6 is 11.8 Å². The zero-order valence-corrected chi connectivity index (χ0v) is 19.9. The summed E-state index contributed by atoms with van der Waals surface area (Å²) in [5.41, 5.74) is 2.38. The number of nitrogens with one attached hydrogen (secondary N) is 2. The van der Waals surface area contributed by atoms with Gasteiger partial charge < -0.3 is 15.2 Å². The number of allylic oxidation sites excluding steroid dienone is 1. The fourth-order valence-corrected chi connectivity index (χ4v) is 4.07. The van der Waals surface area contributed by atoms with Gasteiger partial charge in [0.2, 0.25) is 5.91 Å². The normalized spacial score (nSPS) is 11.8. The summed E-state index contributed by atoms with van der Waals surface area (Å²) in [6.45, 7) is 10.3. The van der Waals surface area contributed by atoms with Crippen LogP contribution in [-0.4, -0.2) is 32.3 Å². The van der Waals surface area contributed by atoms with E-state index in [4.69, 9.17) is 0 Å². The van der Waals surface area contributed by atoms with E-state index in [0.717, 1.165) is 11.3 Å². The van der Waals surface area contributed by atoms with E-state index in [-0.39, 0.29) is 29.5 Å².